The van der Waals surface area contributed by atoms with Crippen molar-refractivity contribution in [2.24, 2.45) is 0 Å². The molecule has 0 aliphatic carbocycles. The molecule has 1 fully saturated rings. The maximum Gasteiger partial charge on any atom is 0.326 e. The number of rotatable bonds is 5. The molecule has 2 rings (SSSR count). The van der Waals surface area contributed by atoms with E-state index in [0.29, 0.717) is 5.69 Å². The monoisotopic (exact) mass is 294 g/mol. The van der Waals surface area contributed by atoms with Crippen molar-refractivity contribution < 1.29 is 14.7 Å². The second-order valence-electron chi connectivity index (χ2n) is 5.52. The molecule has 0 saturated carbocycles. The molecule has 2 amide bonds. The maximum absolute atomic E-state index is 12.4. The summed E-state index contributed by atoms with van der Waals surface area (Å²) in [4.78, 5) is 32.2. The van der Waals surface area contributed by atoms with Gasteiger partial charge in [-0.2, -0.15) is 0 Å². The average Bonchev–Trinajstić information content (AvgIpc) is 3.06. The highest BCUT2D eigenvalue weighted by atomic mass is 16.4. The summed E-state index contributed by atoms with van der Waals surface area (Å²) in [5.74, 6) is -1.04. The van der Waals surface area contributed by atoms with Gasteiger partial charge in [0, 0.05) is 30.4 Å². The van der Waals surface area contributed by atoms with Gasteiger partial charge in [0.2, 0.25) is 0 Å². The zero-order valence-corrected chi connectivity index (χ0v) is 12.4. The Balaban J connectivity index is 2.02. The van der Waals surface area contributed by atoms with Crippen LogP contribution in [-0.2, 0) is 11.2 Å². The number of carbonyl (C=O) groups excluding carboxylic acids is 1. The van der Waals surface area contributed by atoms with Crippen LogP contribution in [0.5, 0.6) is 0 Å². The highest BCUT2D eigenvalue weighted by Crippen LogP contribution is 2.25. The molecule has 21 heavy (non-hydrogen) atoms. The lowest BCUT2D eigenvalue weighted by atomic mass is 10.1. The van der Waals surface area contributed by atoms with Crippen LogP contribution in [0, 0.1) is 0 Å². The molecule has 0 bridgehead atoms. The van der Waals surface area contributed by atoms with Gasteiger partial charge in [0.05, 0.1) is 6.33 Å². The molecule has 3 N–H and O–H groups in total. The van der Waals surface area contributed by atoms with Crippen LogP contribution in [0.2, 0.25) is 0 Å². The van der Waals surface area contributed by atoms with E-state index in [0.717, 1.165) is 19.3 Å². The molecular weight excluding hydrogens is 272 g/mol. The molecule has 1 aromatic rings. The van der Waals surface area contributed by atoms with Gasteiger partial charge in [-0.25, -0.2) is 14.6 Å². The predicted octanol–water partition coefficient (Wildman–Crippen LogP) is 1.38. The van der Waals surface area contributed by atoms with E-state index in [1.165, 1.54) is 6.33 Å². The van der Waals surface area contributed by atoms with Crippen LogP contribution in [0.3, 0.4) is 0 Å². The number of imidazole rings is 1. The Morgan fingerprint density at radius 3 is 2.90 bits per heavy atom. The standard InChI is InChI=1S/C14H22N4O3/c1-3-11-5-4-9(2)18(11)14(21)17-12(13(19)20)6-10-7-15-8-16-10/h7-9,11-12H,3-6H2,1-2H3,(H,15,16)(H,17,21)(H,19,20). The fourth-order valence-electron chi connectivity index (χ4n) is 2.88. The Morgan fingerprint density at radius 1 is 1.57 bits per heavy atom. The lowest BCUT2D eigenvalue weighted by molar-refractivity contribution is -0.139. The molecule has 116 valence electrons. The number of urea groups is 1. The van der Waals surface area contributed by atoms with Crippen molar-refractivity contribution in [1.29, 1.82) is 0 Å². The predicted molar refractivity (Wildman–Crippen MR) is 76.9 cm³/mol. The van der Waals surface area contributed by atoms with E-state index in [4.69, 9.17) is 0 Å². The van der Waals surface area contributed by atoms with E-state index >= 15 is 0 Å². The fraction of sp³-hybridized carbons (Fsp3) is 0.643. The minimum Gasteiger partial charge on any atom is -0.480 e. The van der Waals surface area contributed by atoms with Crippen molar-refractivity contribution in [3.63, 3.8) is 0 Å². The Labute approximate surface area is 123 Å². The molecule has 0 aromatic carbocycles. The largest absolute Gasteiger partial charge is 0.480 e. The quantitative estimate of drug-likeness (QED) is 0.764. The van der Waals surface area contributed by atoms with Gasteiger partial charge in [-0.05, 0) is 26.2 Å². The number of likely N-dealkylation sites (tertiary alicyclic amines) is 1. The first-order chi connectivity index (χ1) is 10.0. The number of H-pyrrole nitrogens is 1. The molecule has 0 spiro atoms. The summed E-state index contributed by atoms with van der Waals surface area (Å²) in [6.07, 6.45) is 6.07. The summed E-state index contributed by atoms with van der Waals surface area (Å²) in [5.41, 5.74) is 0.684. The third-order valence-corrected chi connectivity index (χ3v) is 4.07. The molecular formula is C14H22N4O3. The molecule has 2 heterocycles. The van der Waals surface area contributed by atoms with Gasteiger partial charge < -0.3 is 20.3 Å². The first-order valence-electron chi connectivity index (χ1n) is 7.31. The number of carbonyl (C=O) groups is 2. The SMILES string of the molecule is CCC1CCC(C)N1C(=O)NC(Cc1cnc[nH]1)C(=O)O. The van der Waals surface area contributed by atoms with E-state index in [2.05, 4.69) is 15.3 Å². The third-order valence-electron chi connectivity index (χ3n) is 4.07. The number of hydrogen-bond donors (Lipinski definition) is 3. The van der Waals surface area contributed by atoms with Crippen LogP contribution in [0.25, 0.3) is 0 Å². The van der Waals surface area contributed by atoms with Crippen molar-refractivity contribution in [1.82, 2.24) is 20.2 Å². The summed E-state index contributed by atoms with van der Waals surface area (Å²) >= 11 is 0. The van der Waals surface area contributed by atoms with Gasteiger partial charge >= 0.3 is 12.0 Å². The number of aliphatic carboxylic acids is 1. The van der Waals surface area contributed by atoms with Crippen LogP contribution in [0.1, 0.15) is 38.8 Å². The number of nitrogens with one attached hydrogen (secondary N) is 2. The second-order valence-corrected chi connectivity index (χ2v) is 5.52. The van der Waals surface area contributed by atoms with Gasteiger partial charge in [0.1, 0.15) is 6.04 Å². The van der Waals surface area contributed by atoms with Crippen molar-refractivity contribution >= 4 is 12.0 Å². The van der Waals surface area contributed by atoms with Gasteiger partial charge in [0.15, 0.2) is 0 Å². The van der Waals surface area contributed by atoms with Gasteiger partial charge in [-0.1, -0.05) is 6.92 Å². The van der Waals surface area contributed by atoms with Crippen LogP contribution >= 0.6 is 0 Å². The molecule has 1 aliphatic rings. The van der Waals surface area contributed by atoms with E-state index < -0.39 is 12.0 Å². The van der Waals surface area contributed by atoms with Gasteiger partial charge in [0.25, 0.3) is 0 Å². The summed E-state index contributed by atoms with van der Waals surface area (Å²) in [5, 5.41) is 11.9. The molecule has 3 unspecified atom stereocenters. The highest BCUT2D eigenvalue weighted by Gasteiger charge is 2.35. The number of carboxylic acid groups (broad SMARTS) is 1. The van der Waals surface area contributed by atoms with Crippen molar-refractivity contribution in [3.05, 3.63) is 18.2 Å². The van der Waals surface area contributed by atoms with Gasteiger partial charge in [-0.15, -0.1) is 0 Å². The average molecular weight is 294 g/mol. The van der Waals surface area contributed by atoms with Crippen LogP contribution < -0.4 is 5.32 Å². The van der Waals surface area contributed by atoms with E-state index in [1.807, 2.05) is 13.8 Å². The summed E-state index contributed by atoms with van der Waals surface area (Å²) in [6.45, 7) is 4.04. The van der Waals surface area contributed by atoms with Crippen LogP contribution in [0.15, 0.2) is 12.5 Å². The molecule has 1 aliphatic heterocycles. The van der Waals surface area contributed by atoms with Crippen LogP contribution in [0.4, 0.5) is 4.79 Å². The van der Waals surface area contributed by atoms with Crippen molar-refractivity contribution in [2.45, 2.75) is 57.7 Å². The Morgan fingerprint density at radius 2 is 2.33 bits per heavy atom. The summed E-state index contributed by atoms with van der Waals surface area (Å²) in [6, 6.07) is -0.903. The summed E-state index contributed by atoms with van der Waals surface area (Å²) in [7, 11) is 0. The van der Waals surface area contributed by atoms with Crippen molar-refractivity contribution in [3.8, 4) is 0 Å². The van der Waals surface area contributed by atoms with Crippen LogP contribution in [-0.4, -0.2) is 50.1 Å². The number of aromatic amines is 1. The molecule has 0 radical (unpaired) electrons. The Kier molecular flexibility index (Phi) is 4.82. The van der Waals surface area contributed by atoms with Gasteiger partial charge in [-0.3, -0.25) is 0 Å². The number of amides is 2. The number of hydrogen-bond acceptors (Lipinski definition) is 3. The fourth-order valence-corrected chi connectivity index (χ4v) is 2.88. The number of carboxylic acids is 1. The van der Waals surface area contributed by atoms with E-state index in [-0.39, 0.29) is 24.5 Å². The lowest BCUT2D eigenvalue weighted by Gasteiger charge is -2.29. The maximum atomic E-state index is 12.4. The number of aromatic nitrogens is 2. The second kappa shape index (κ2) is 6.60. The first-order valence-corrected chi connectivity index (χ1v) is 7.31. The minimum atomic E-state index is -1.04. The van der Waals surface area contributed by atoms with E-state index in [9.17, 15) is 14.7 Å². The van der Waals surface area contributed by atoms with E-state index in [1.54, 1.807) is 11.1 Å². The summed E-state index contributed by atoms with van der Waals surface area (Å²) < 4.78 is 0. The molecule has 7 heteroatoms. The smallest absolute Gasteiger partial charge is 0.326 e. The zero-order valence-electron chi connectivity index (χ0n) is 12.4. The number of nitrogens with zero attached hydrogens (tertiary/aromatic N) is 2. The molecule has 3 atom stereocenters. The molecule has 7 nitrogen and oxygen atoms in total. The Bertz CT molecular complexity index is 488. The highest BCUT2D eigenvalue weighted by molar-refractivity contribution is 5.83. The Hall–Kier alpha value is -2.05. The van der Waals surface area contributed by atoms with Crippen molar-refractivity contribution in [2.75, 3.05) is 0 Å². The topological polar surface area (TPSA) is 98.3 Å². The first kappa shape index (κ1) is 15.3. The molecule has 1 saturated heterocycles. The molecule has 1 aromatic heterocycles. The lowest BCUT2D eigenvalue weighted by Crippen LogP contribution is -2.52. The normalized spacial score (nSPS) is 23.0. The third kappa shape index (κ3) is 3.53. The minimum absolute atomic E-state index is 0.150. The zero-order chi connectivity index (χ0) is 15.4.